The highest BCUT2D eigenvalue weighted by Gasteiger charge is 2.35. The fourth-order valence-electron chi connectivity index (χ4n) is 2.21. The zero-order valence-corrected chi connectivity index (χ0v) is 11.3. The minimum absolute atomic E-state index is 0.0462. The number of aromatic nitrogens is 1. The van der Waals surface area contributed by atoms with Crippen LogP contribution >= 0.6 is 0 Å². The molecular formula is C15H11N3O4. The molecule has 1 aliphatic rings. The Balaban J connectivity index is 1.76. The van der Waals surface area contributed by atoms with Gasteiger partial charge in [0.2, 0.25) is 0 Å². The number of rotatable bonds is 4. The first kappa shape index (κ1) is 13.7. The molecule has 1 aliphatic heterocycles. The van der Waals surface area contributed by atoms with Crippen LogP contribution < -0.4 is 5.32 Å². The molecule has 2 amide bonds. The van der Waals surface area contributed by atoms with Crippen LogP contribution in [0, 0.1) is 0 Å². The molecular weight excluding hydrogens is 286 g/mol. The number of anilines is 1. The molecule has 0 saturated heterocycles. The smallest absolute Gasteiger partial charge is 0.335 e. The Bertz CT molecular complexity index is 753. The van der Waals surface area contributed by atoms with Crippen molar-refractivity contribution < 1.29 is 19.5 Å². The maximum atomic E-state index is 12.1. The molecule has 1 aromatic carbocycles. The second-order valence-electron chi connectivity index (χ2n) is 4.68. The van der Waals surface area contributed by atoms with Crippen molar-refractivity contribution in [1.82, 2.24) is 9.88 Å². The second kappa shape index (κ2) is 5.28. The zero-order chi connectivity index (χ0) is 15.7. The van der Waals surface area contributed by atoms with Crippen LogP contribution in [0.3, 0.4) is 0 Å². The molecule has 0 bridgehead atoms. The lowest BCUT2D eigenvalue weighted by Crippen LogP contribution is -2.34. The number of carbonyl (C=O) groups excluding carboxylic acids is 2. The highest BCUT2D eigenvalue weighted by atomic mass is 16.4. The van der Waals surface area contributed by atoms with Gasteiger partial charge in [-0.3, -0.25) is 19.5 Å². The summed E-state index contributed by atoms with van der Waals surface area (Å²) in [6.45, 7) is -0.0462. The molecule has 0 radical (unpaired) electrons. The number of hydrogen-bond donors (Lipinski definition) is 2. The van der Waals surface area contributed by atoms with Crippen LogP contribution in [0.1, 0.15) is 31.1 Å². The summed E-state index contributed by atoms with van der Waals surface area (Å²) < 4.78 is 0. The summed E-state index contributed by atoms with van der Waals surface area (Å²) in [6, 6.07) is 7.63. The normalized spacial score (nSPS) is 13.2. The first-order valence-electron chi connectivity index (χ1n) is 6.45. The standard InChI is InChI=1S/C15H11N3O4/c19-13-11-4-5-16-7-12(11)14(20)18(13)8-17-10-3-1-2-9(6-10)15(21)22/h1-7,17H,8H2,(H,21,22). The third kappa shape index (κ3) is 2.28. The maximum absolute atomic E-state index is 12.1. The first-order valence-corrected chi connectivity index (χ1v) is 6.45. The Morgan fingerprint density at radius 1 is 1.18 bits per heavy atom. The minimum atomic E-state index is -1.05. The van der Waals surface area contributed by atoms with Gasteiger partial charge < -0.3 is 10.4 Å². The summed E-state index contributed by atoms with van der Waals surface area (Å²) >= 11 is 0. The van der Waals surface area contributed by atoms with Crippen molar-refractivity contribution in [2.45, 2.75) is 0 Å². The maximum Gasteiger partial charge on any atom is 0.335 e. The lowest BCUT2D eigenvalue weighted by atomic mass is 10.2. The number of hydrogen-bond acceptors (Lipinski definition) is 5. The molecule has 0 unspecified atom stereocenters. The van der Waals surface area contributed by atoms with Crippen LogP contribution in [0.2, 0.25) is 0 Å². The van der Waals surface area contributed by atoms with Gasteiger partial charge >= 0.3 is 5.97 Å². The molecule has 1 aromatic heterocycles. The molecule has 7 nitrogen and oxygen atoms in total. The van der Waals surface area contributed by atoms with E-state index in [-0.39, 0.29) is 17.8 Å². The Labute approximate surface area is 125 Å². The van der Waals surface area contributed by atoms with Gasteiger partial charge in [-0.2, -0.15) is 0 Å². The van der Waals surface area contributed by atoms with E-state index >= 15 is 0 Å². The second-order valence-corrected chi connectivity index (χ2v) is 4.68. The molecule has 2 N–H and O–H groups in total. The number of nitrogens with one attached hydrogen (secondary N) is 1. The topological polar surface area (TPSA) is 99.6 Å². The van der Waals surface area contributed by atoms with Crippen LogP contribution in [0.15, 0.2) is 42.7 Å². The van der Waals surface area contributed by atoms with E-state index in [1.165, 1.54) is 30.6 Å². The van der Waals surface area contributed by atoms with E-state index < -0.39 is 17.8 Å². The highest BCUT2D eigenvalue weighted by Crippen LogP contribution is 2.21. The Kier molecular flexibility index (Phi) is 3.30. The number of nitrogens with zero attached hydrogens (tertiary/aromatic N) is 2. The number of imide groups is 1. The van der Waals surface area contributed by atoms with Gasteiger partial charge in [-0.1, -0.05) is 6.07 Å². The SMILES string of the molecule is O=C(O)c1cccc(NCN2C(=O)c3ccncc3C2=O)c1. The zero-order valence-electron chi connectivity index (χ0n) is 11.3. The molecule has 3 rings (SSSR count). The van der Waals surface area contributed by atoms with Crippen LogP contribution in [0.25, 0.3) is 0 Å². The summed E-state index contributed by atoms with van der Waals surface area (Å²) in [5.41, 5.74) is 1.22. The largest absolute Gasteiger partial charge is 0.478 e. The molecule has 0 aliphatic carbocycles. The lowest BCUT2D eigenvalue weighted by molar-refractivity contribution is 0.0660. The van der Waals surface area contributed by atoms with E-state index in [9.17, 15) is 14.4 Å². The lowest BCUT2D eigenvalue weighted by Gasteiger charge is -2.15. The monoisotopic (exact) mass is 297 g/mol. The van der Waals surface area contributed by atoms with Crippen molar-refractivity contribution >= 4 is 23.5 Å². The van der Waals surface area contributed by atoms with Crippen molar-refractivity contribution in [2.75, 3.05) is 12.0 Å². The fourth-order valence-corrected chi connectivity index (χ4v) is 2.21. The van der Waals surface area contributed by atoms with E-state index in [0.29, 0.717) is 11.3 Å². The summed E-state index contributed by atoms with van der Waals surface area (Å²) in [7, 11) is 0. The fraction of sp³-hybridized carbons (Fsp3) is 0.0667. The minimum Gasteiger partial charge on any atom is -0.478 e. The molecule has 2 heterocycles. The number of aromatic carboxylic acids is 1. The van der Waals surface area contributed by atoms with Crippen molar-refractivity contribution in [3.63, 3.8) is 0 Å². The number of amides is 2. The molecule has 0 atom stereocenters. The van der Waals surface area contributed by atoms with Gasteiger partial charge in [-0.15, -0.1) is 0 Å². The van der Waals surface area contributed by atoms with E-state index in [2.05, 4.69) is 10.3 Å². The number of benzene rings is 1. The number of fused-ring (bicyclic) bond motifs is 1. The van der Waals surface area contributed by atoms with Gasteiger partial charge in [0, 0.05) is 18.1 Å². The van der Waals surface area contributed by atoms with Gasteiger partial charge in [-0.05, 0) is 24.3 Å². The van der Waals surface area contributed by atoms with Crippen molar-refractivity contribution in [3.05, 3.63) is 59.4 Å². The summed E-state index contributed by atoms with van der Waals surface area (Å²) in [6.07, 6.45) is 2.82. The molecule has 22 heavy (non-hydrogen) atoms. The van der Waals surface area contributed by atoms with E-state index in [1.54, 1.807) is 12.1 Å². The molecule has 0 fully saturated rings. The third-order valence-electron chi connectivity index (χ3n) is 3.32. The molecule has 0 spiro atoms. The molecule has 110 valence electrons. The molecule has 7 heteroatoms. The average molecular weight is 297 g/mol. The van der Waals surface area contributed by atoms with Gasteiger partial charge in [0.25, 0.3) is 11.8 Å². The predicted octanol–water partition coefficient (Wildman–Crippen LogP) is 1.45. The summed E-state index contributed by atoms with van der Waals surface area (Å²) in [5.74, 6) is -1.87. The van der Waals surface area contributed by atoms with Gasteiger partial charge in [-0.25, -0.2) is 4.79 Å². The quantitative estimate of drug-likeness (QED) is 0.828. The Morgan fingerprint density at radius 3 is 2.68 bits per heavy atom. The first-order chi connectivity index (χ1) is 10.6. The number of carbonyl (C=O) groups is 3. The van der Waals surface area contributed by atoms with Gasteiger partial charge in [0.15, 0.2) is 0 Å². The summed E-state index contributed by atoms with van der Waals surface area (Å²) in [4.78, 5) is 40.1. The van der Waals surface area contributed by atoms with Crippen molar-refractivity contribution in [3.8, 4) is 0 Å². The van der Waals surface area contributed by atoms with Crippen LogP contribution in [-0.4, -0.2) is 39.4 Å². The van der Waals surface area contributed by atoms with E-state index in [4.69, 9.17) is 5.11 Å². The third-order valence-corrected chi connectivity index (χ3v) is 3.32. The van der Waals surface area contributed by atoms with Crippen molar-refractivity contribution in [1.29, 1.82) is 0 Å². The highest BCUT2D eigenvalue weighted by molar-refractivity contribution is 6.21. The van der Waals surface area contributed by atoms with Crippen LogP contribution in [0.4, 0.5) is 5.69 Å². The van der Waals surface area contributed by atoms with Gasteiger partial charge in [0.05, 0.1) is 23.4 Å². The Morgan fingerprint density at radius 2 is 1.95 bits per heavy atom. The number of carboxylic acids is 1. The molecule has 2 aromatic rings. The molecule has 0 saturated carbocycles. The number of pyridine rings is 1. The van der Waals surface area contributed by atoms with E-state index in [0.717, 1.165) is 4.90 Å². The summed E-state index contributed by atoms with van der Waals surface area (Å²) in [5, 5.41) is 11.8. The predicted molar refractivity (Wildman–Crippen MR) is 76.6 cm³/mol. The average Bonchev–Trinajstić information content (AvgIpc) is 2.78. The van der Waals surface area contributed by atoms with Crippen LogP contribution in [-0.2, 0) is 0 Å². The Hall–Kier alpha value is -3.22. The van der Waals surface area contributed by atoms with E-state index in [1.807, 2.05) is 0 Å². The van der Waals surface area contributed by atoms with Crippen LogP contribution in [0.5, 0.6) is 0 Å². The number of carboxylic acid groups (broad SMARTS) is 1. The van der Waals surface area contributed by atoms with Gasteiger partial charge in [0.1, 0.15) is 0 Å². The van der Waals surface area contributed by atoms with Crippen molar-refractivity contribution in [2.24, 2.45) is 0 Å².